The largest absolute Gasteiger partial charge is 0.436 e. The molecule has 102 valence electrons. The van der Waals surface area contributed by atoms with E-state index in [1.165, 1.54) is 0 Å². The van der Waals surface area contributed by atoms with Crippen LogP contribution in [0.5, 0.6) is 0 Å². The Balaban J connectivity index is 2.21. The standard InChI is InChI=1S/C17H18N2O/c1-17(2,3)13-8-5-9-14-15(13)20-16(19-14)11-6-4-7-12(18)10-11/h4-10H,18H2,1-3H3. The van der Waals surface area contributed by atoms with Gasteiger partial charge in [0.15, 0.2) is 5.58 Å². The highest BCUT2D eigenvalue weighted by molar-refractivity contribution is 5.80. The van der Waals surface area contributed by atoms with Gasteiger partial charge in [0.2, 0.25) is 5.89 Å². The lowest BCUT2D eigenvalue weighted by Gasteiger charge is -2.18. The minimum Gasteiger partial charge on any atom is -0.436 e. The number of hydrogen-bond acceptors (Lipinski definition) is 3. The molecule has 0 aliphatic carbocycles. The second kappa shape index (κ2) is 4.37. The number of rotatable bonds is 1. The van der Waals surface area contributed by atoms with Crippen molar-refractivity contribution < 1.29 is 4.42 Å². The zero-order chi connectivity index (χ0) is 14.3. The summed E-state index contributed by atoms with van der Waals surface area (Å²) < 4.78 is 6.00. The van der Waals surface area contributed by atoms with Gasteiger partial charge in [0.05, 0.1) is 0 Å². The van der Waals surface area contributed by atoms with Crippen molar-refractivity contribution in [1.29, 1.82) is 0 Å². The van der Waals surface area contributed by atoms with E-state index in [0.717, 1.165) is 22.2 Å². The first kappa shape index (κ1) is 12.7. The van der Waals surface area contributed by atoms with Crippen LogP contribution in [-0.4, -0.2) is 4.98 Å². The molecule has 1 aromatic heterocycles. The molecular weight excluding hydrogens is 248 g/mol. The highest BCUT2D eigenvalue weighted by atomic mass is 16.3. The average Bonchev–Trinajstić information content (AvgIpc) is 2.81. The van der Waals surface area contributed by atoms with Crippen LogP contribution >= 0.6 is 0 Å². The maximum atomic E-state index is 6.00. The molecule has 0 unspecified atom stereocenters. The van der Waals surface area contributed by atoms with E-state index in [-0.39, 0.29) is 5.41 Å². The van der Waals surface area contributed by atoms with Gasteiger partial charge in [-0.25, -0.2) is 4.98 Å². The van der Waals surface area contributed by atoms with Crippen molar-refractivity contribution in [2.45, 2.75) is 26.2 Å². The zero-order valence-corrected chi connectivity index (χ0v) is 12.0. The summed E-state index contributed by atoms with van der Waals surface area (Å²) in [6.45, 7) is 6.51. The van der Waals surface area contributed by atoms with Crippen LogP contribution in [0.4, 0.5) is 5.69 Å². The van der Waals surface area contributed by atoms with Crippen molar-refractivity contribution in [3.63, 3.8) is 0 Å². The molecule has 3 rings (SSSR count). The molecule has 0 atom stereocenters. The predicted octanol–water partition coefficient (Wildman–Crippen LogP) is 4.37. The average molecular weight is 266 g/mol. The first-order chi connectivity index (χ1) is 9.45. The van der Waals surface area contributed by atoms with Gasteiger partial charge in [0.25, 0.3) is 0 Å². The second-order valence-electron chi connectivity index (χ2n) is 6.05. The van der Waals surface area contributed by atoms with E-state index in [9.17, 15) is 0 Å². The Morgan fingerprint density at radius 3 is 2.50 bits per heavy atom. The van der Waals surface area contributed by atoms with Crippen molar-refractivity contribution in [2.24, 2.45) is 0 Å². The summed E-state index contributed by atoms with van der Waals surface area (Å²) >= 11 is 0. The van der Waals surface area contributed by atoms with Crippen LogP contribution in [0, 0.1) is 0 Å². The molecule has 0 aliphatic rings. The molecule has 0 radical (unpaired) electrons. The van der Waals surface area contributed by atoms with E-state index >= 15 is 0 Å². The summed E-state index contributed by atoms with van der Waals surface area (Å²) in [5.74, 6) is 0.615. The predicted molar refractivity (Wildman–Crippen MR) is 82.6 cm³/mol. The molecule has 2 N–H and O–H groups in total. The minimum absolute atomic E-state index is 0.0199. The molecule has 3 aromatic rings. The maximum Gasteiger partial charge on any atom is 0.227 e. The normalized spacial score (nSPS) is 11.9. The summed E-state index contributed by atoms with van der Waals surface area (Å²) in [7, 11) is 0. The molecular formula is C17H18N2O. The Labute approximate surface area is 118 Å². The van der Waals surface area contributed by atoms with Crippen LogP contribution < -0.4 is 5.73 Å². The Morgan fingerprint density at radius 1 is 1.05 bits per heavy atom. The third-order valence-electron chi connectivity index (χ3n) is 3.36. The van der Waals surface area contributed by atoms with Crippen LogP contribution in [0.2, 0.25) is 0 Å². The van der Waals surface area contributed by atoms with Gasteiger partial charge in [-0.05, 0) is 29.7 Å². The highest BCUT2D eigenvalue weighted by Crippen LogP contribution is 2.33. The lowest BCUT2D eigenvalue weighted by atomic mass is 9.86. The van der Waals surface area contributed by atoms with Crippen LogP contribution in [0.15, 0.2) is 46.9 Å². The number of nitrogens with zero attached hydrogens (tertiary/aromatic N) is 1. The Morgan fingerprint density at radius 2 is 1.80 bits per heavy atom. The van der Waals surface area contributed by atoms with Gasteiger partial charge in [-0.15, -0.1) is 0 Å². The molecule has 0 amide bonds. The zero-order valence-electron chi connectivity index (χ0n) is 12.0. The third-order valence-corrected chi connectivity index (χ3v) is 3.36. The number of nitrogen functional groups attached to an aromatic ring is 1. The van der Waals surface area contributed by atoms with Crippen LogP contribution in [0.1, 0.15) is 26.3 Å². The monoisotopic (exact) mass is 266 g/mol. The van der Waals surface area contributed by atoms with E-state index in [0.29, 0.717) is 11.6 Å². The number of fused-ring (bicyclic) bond motifs is 1. The Hall–Kier alpha value is -2.29. The van der Waals surface area contributed by atoms with Crippen LogP contribution in [0.3, 0.4) is 0 Å². The topological polar surface area (TPSA) is 52.0 Å². The second-order valence-corrected chi connectivity index (χ2v) is 6.05. The highest BCUT2D eigenvalue weighted by Gasteiger charge is 2.20. The van der Waals surface area contributed by atoms with Crippen molar-refractivity contribution in [1.82, 2.24) is 4.98 Å². The molecule has 0 saturated heterocycles. The van der Waals surface area contributed by atoms with Crippen LogP contribution in [0.25, 0.3) is 22.6 Å². The number of nitrogens with two attached hydrogens (primary N) is 1. The molecule has 0 bridgehead atoms. The van der Waals surface area contributed by atoms with E-state index in [4.69, 9.17) is 10.2 Å². The SMILES string of the molecule is CC(C)(C)c1cccc2nc(-c3cccc(N)c3)oc12. The van der Waals surface area contributed by atoms with Crippen molar-refractivity contribution in [3.8, 4) is 11.5 Å². The number of aromatic nitrogens is 1. The number of hydrogen-bond donors (Lipinski definition) is 1. The van der Waals surface area contributed by atoms with Gasteiger partial charge in [0.1, 0.15) is 5.52 Å². The number of oxazole rings is 1. The third kappa shape index (κ3) is 2.16. The number of anilines is 1. The van der Waals surface area contributed by atoms with Crippen LogP contribution in [-0.2, 0) is 5.41 Å². The van der Waals surface area contributed by atoms with E-state index in [1.807, 2.05) is 36.4 Å². The molecule has 0 spiro atoms. The lowest BCUT2D eigenvalue weighted by molar-refractivity contribution is 0.561. The molecule has 0 aliphatic heterocycles. The molecule has 3 nitrogen and oxygen atoms in total. The number of para-hydroxylation sites is 1. The van der Waals surface area contributed by atoms with Gasteiger partial charge in [0, 0.05) is 16.8 Å². The van der Waals surface area contributed by atoms with Gasteiger partial charge in [-0.3, -0.25) is 0 Å². The van der Waals surface area contributed by atoms with Gasteiger partial charge in [-0.2, -0.15) is 0 Å². The molecule has 1 heterocycles. The van der Waals surface area contributed by atoms with Crippen molar-refractivity contribution in [3.05, 3.63) is 48.0 Å². The fourth-order valence-corrected chi connectivity index (χ4v) is 2.33. The van der Waals surface area contributed by atoms with Crippen molar-refractivity contribution >= 4 is 16.8 Å². The first-order valence-electron chi connectivity index (χ1n) is 6.71. The number of benzene rings is 2. The van der Waals surface area contributed by atoms with E-state index in [1.54, 1.807) is 0 Å². The Bertz CT molecular complexity index is 766. The molecule has 0 saturated carbocycles. The fourth-order valence-electron chi connectivity index (χ4n) is 2.33. The Kier molecular flexibility index (Phi) is 2.78. The van der Waals surface area contributed by atoms with Gasteiger partial charge in [-0.1, -0.05) is 39.0 Å². The summed E-state index contributed by atoms with van der Waals surface area (Å²) in [4.78, 5) is 4.58. The fraction of sp³-hybridized carbons (Fsp3) is 0.235. The quantitative estimate of drug-likeness (QED) is 0.665. The summed E-state index contributed by atoms with van der Waals surface area (Å²) in [5, 5.41) is 0. The maximum absolute atomic E-state index is 6.00. The lowest BCUT2D eigenvalue weighted by Crippen LogP contribution is -2.10. The first-order valence-corrected chi connectivity index (χ1v) is 6.71. The smallest absolute Gasteiger partial charge is 0.227 e. The molecule has 20 heavy (non-hydrogen) atoms. The summed E-state index contributed by atoms with van der Waals surface area (Å²) in [6.07, 6.45) is 0. The van der Waals surface area contributed by atoms with E-state index < -0.39 is 0 Å². The van der Waals surface area contributed by atoms with Gasteiger partial charge >= 0.3 is 0 Å². The molecule has 2 aromatic carbocycles. The summed E-state index contributed by atoms with van der Waals surface area (Å²) in [6, 6.07) is 13.7. The van der Waals surface area contributed by atoms with Gasteiger partial charge < -0.3 is 10.2 Å². The minimum atomic E-state index is 0.0199. The van der Waals surface area contributed by atoms with Crippen molar-refractivity contribution in [2.75, 3.05) is 5.73 Å². The molecule has 3 heteroatoms. The van der Waals surface area contributed by atoms with E-state index in [2.05, 4.69) is 31.8 Å². The molecule has 0 fully saturated rings. The summed E-state index contributed by atoms with van der Waals surface area (Å²) in [5.41, 5.74) is 10.4.